The standard InChI is InChI=1S/C21H32BrNO3/c1-14(2)12-18(16-8-10-17(22)11-9-16)20(25)23(15(3)4)13-19(24)26-21(5,6)7/h8-11,14-15,18H,12-13H2,1-7H3. The molecule has 26 heavy (non-hydrogen) atoms. The Balaban J connectivity index is 3.07. The Morgan fingerprint density at radius 2 is 1.62 bits per heavy atom. The summed E-state index contributed by atoms with van der Waals surface area (Å²) in [4.78, 5) is 27.2. The van der Waals surface area contributed by atoms with E-state index in [2.05, 4.69) is 29.8 Å². The van der Waals surface area contributed by atoms with Crippen molar-refractivity contribution in [3.8, 4) is 0 Å². The number of hydrogen-bond donors (Lipinski definition) is 0. The smallest absolute Gasteiger partial charge is 0.326 e. The second-order valence-corrected chi connectivity index (χ2v) is 9.30. The minimum absolute atomic E-state index is 0.0260. The molecule has 0 aromatic heterocycles. The van der Waals surface area contributed by atoms with Gasteiger partial charge < -0.3 is 9.64 Å². The summed E-state index contributed by atoms with van der Waals surface area (Å²) in [6.07, 6.45) is 0.734. The van der Waals surface area contributed by atoms with E-state index in [0.29, 0.717) is 5.92 Å². The molecular weight excluding hydrogens is 394 g/mol. The molecular formula is C21H32BrNO3. The van der Waals surface area contributed by atoms with Crippen LogP contribution in [0.2, 0.25) is 0 Å². The monoisotopic (exact) mass is 425 g/mol. The molecule has 4 nitrogen and oxygen atoms in total. The summed E-state index contributed by atoms with van der Waals surface area (Å²) in [5, 5.41) is 0. The third-order valence-electron chi connectivity index (χ3n) is 3.90. The van der Waals surface area contributed by atoms with Gasteiger partial charge >= 0.3 is 5.97 Å². The predicted octanol–water partition coefficient (Wildman–Crippen LogP) is 5.16. The van der Waals surface area contributed by atoms with Crippen LogP contribution in [0, 0.1) is 5.92 Å². The van der Waals surface area contributed by atoms with Crippen molar-refractivity contribution < 1.29 is 14.3 Å². The Bertz CT molecular complexity index is 603. The van der Waals surface area contributed by atoms with Crippen LogP contribution in [0.15, 0.2) is 28.7 Å². The van der Waals surface area contributed by atoms with Crippen molar-refractivity contribution in [1.82, 2.24) is 4.90 Å². The minimum Gasteiger partial charge on any atom is -0.459 e. The highest BCUT2D eigenvalue weighted by Gasteiger charge is 2.30. The van der Waals surface area contributed by atoms with Gasteiger partial charge in [-0.25, -0.2) is 0 Å². The van der Waals surface area contributed by atoms with Crippen LogP contribution in [0.3, 0.4) is 0 Å². The van der Waals surface area contributed by atoms with Gasteiger partial charge in [0.25, 0.3) is 0 Å². The van der Waals surface area contributed by atoms with Crippen molar-refractivity contribution >= 4 is 27.8 Å². The van der Waals surface area contributed by atoms with Crippen LogP contribution in [0.5, 0.6) is 0 Å². The first-order valence-corrected chi connectivity index (χ1v) is 9.97. The fourth-order valence-electron chi connectivity index (χ4n) is 2.77. The molecule has 1 aromatic rings. The first kappa shape index (κ1) is 22.7. The zero-order valence-electron chi connectivity index (χ0n) is 17.0. The molecule has 1 rings (SSSR count). The largest absolute Gasteiger partial charge is 0.459 e. The van der Waals surface area contributed by atoms with Crippen molar-refractivity contribution in [3.63, 3.8) is 0 Å². The van der Waals surface area contributed by atoms with Crippen molar-refractivity contribution in [3.05, 3.63) is 34.3 Å². The van der Waals surface area contributed by atoms with E-state index in [4.69, 9.17) is 4.74 Å². The molecule has 1 aromatic carbocycles. The van der Waals surface area contributed by atoms with Crippen molar-refractivity contribution in [2.24, 2.45) is 5.92 Å². The Labute approximate surface area is 166 Å². The van der Waals surface area contributed by atoms with Crippen LogP contribution in [-0.2, 0) is 14.3 Å². The number of rotatable bonds is 7. The van der Waals surface area contributed by atoms with E-state index in [-0.39, 0.29) is 30.4 Å². The maximum atomic E-state index is 13.3. The number of benzene rings is 1. The average Bonchev–Trinajstić information content (AvgIpc) is 2.48. The van der Waals surface area contributed by atoms with Crippen LogP contribution in [0.25, 0.3) is 0 Å². The summed E-state index contributed by atoms with van der Waals surface area (Å²) < 4.78 is 6.39. The lowest BCUT2D eigenvalue weighted by atomic mass is 9.89. The van der Waals surface area contributed by atoms with Gasteiger partial charge in [0.05, 0.1) is 5.92 Å². The molecule has 146 valence electrons. The summed E-state index contributed by atoms with van der Waals surface area (Å²) in [6.45, 7) is 13.5. The van der Waals surface area contributed by atoms with Gasteiger partial charge in [0.2, 0.25) is 5.91 Å². The molecule has 0 aliphatic carbocycles. The van der Waals surface area contributed by atoms with E-state index in [1.165, 1.54) is 0 Å². The van der Waals surface area contributed by atoms with Crippen LogP contribution in [0.4, 0.5) is 0 Å². The number of carbonyl (C=O) groups is 2. The van der Waals surface area contributed by atoms with Crippen molar-refractivity contribution in [1.29, 1.82) is 0 Å². The summed E-state index contributed by atoms with van der Waals surface area (Å²) in [5.74, 6) is -0.309. The average molecular weight is 426 g/mol. The van der Waals surface area contributed by atoms with E-state index in [1.54, 1.807) is 4.90 Å². The summed E-state index contributed by atoms with van der Waals surface area (Å²) in [7, 11) is 0. The number of nitrogens with zero attached hydrogens (tertiary/aromatic N) is 1. The third-order valence-corrected chi connectivity index (χ3v) is 4.43. The molecule has 0 saturated carbocycles. The molecule has 1 atom stereocenters. The second kappa shape index (κ2) is 9.54. The lowest BCUT2D eigenvalue weighted by Crippen LogP contribution is -2.45. The molecule has 0 heterocycles. The third kappa shape index (κ3) is 7.48. The van der Waals surface area contributed by atoms with Gasteiger partial charge in [-0.15, -0.1) is 0 Å². The minimum atomic E-state index is -0.564. The molecule has 1 unspecified atom stereocenters. The summed E-state index contributed by atoms with van der Waals surface area (Å²) in [5.41, 5.74) is 0.410. The highest BCUT2D eigenvalue weighted by Crippen LogP contribution is 2.28. The molecule has 1 amide bonds. The van der Waals surface area contributed by atoms with Gasteiger partial charge in [-0.2, -0.15) is 0 Å². The van der Waals surface area contributed by atoms with Crippen LogP contribution in [-0.4, -0.2) is 35.0 Å². The van der Waals surface area contributed by atoms with Gasteiger partial charge in [0, 0.05) is 10.5 Å². The zero-order chi connectivity index (χ0) is 20.1. The topological polar surface area (TPSA) is 46.6 Å². The summed E-state index contributed by atoms with van der Waals surface area (Å²) >= 11 is 3.44. The van der Waals surface area contributed by atoms with Crippen LogP contribution in [0.1, 0.15) is 66.4 Å². The fourth-order valence-corrected chi connectivity index (χ4v) is 3.04. The quantitative estimate of drug-likeness (QED) is 0.566. The molecule has 0 spiro atoms. The molecule has 0 fully saturated rings. The molecule has 5 heteroatoms. The highest BCUT2D eigenvalue weighted by molar-refractivity contribution is 9.10. The lowest BCUT2D eigenvalue weighted by Gasteiger charge is -2.32. The second-order valence-electron chi connectivity index (χ2n) is 8.38. The van der Waals surface area contributed by atoms with E-state index in [9.17, 15) is 9.59 Å². The number of esters is 1. The van der Waals surface area contributed by atoms with E-state index >= 15 is 0 Å². The number of hydrogen-bond acceptors (Lipinski definition) is 3. The number of carbonyl (C=O) groups excluding carboxylic acids is 2. The fraction of sp³-hybridized carbons (Fsp3) is 0.619. The number of halogens is 1. The Morgan fingerprint density at radius 1 is 1.08 bits per heavy atom. The number of ether oxygens (including phenoxy) is 1. The maximum Gasteiger partial charge on any atom is 0.326 e. The summed E-state index contributed by atoms with van der Waals surface area (Å²) in [6, 6.07) is 7.76. The molecule has 0 bridgehead atoms. The van der Waals surface area contributed by atoms with Gasteiger partial charge in [-0.1, -0.05) is 41.9 Å². The molecule has 0 radical (unpaired) electrons. The van der Waals surface area contributed by atoms with E-state index in [1.807, 2.05) is 58.9 Å². The van der Waals surface area contributed by atoms with E-state index < -0.39 is 5.60 Å². The SMILES string of the molecule is CC(C)CC(C(=O)N(CC(=O)OC(C)(C)C)C(C)C)c1ccc(Br)cc1. The van der Waals surface area contributed by atoms with Gasteiger partial charge in [-0.3, -0.25) is 9.59 Å². The van der Waals surface area contributed by atoms with Crippen LogP contribution < -0.4 is 0 Å². The van der Waals surface area contributed by atoms with Crippen molar-refractivity contribution in [2.45, 2.75) is 72.4 Å². The molecule has 0 aliphatic heterocycles. The Kier molecular flexibility index (Phi) is 8.32. The van der Waals surface area contributed by atoms with Crippen molar-refractivity contribution in [2.75, 3.05) is 6.54 Å². The predicted molar refractivity (Wildman–Crippen MR) is 109 cm³/mol. The zero-order valence-corrected chi connectivity index (χ0v) is 18.6. The normalized spacial score (nSPS) is 13.0. The number of amides is 1. The van der Waals surface area contributed by atoms with Gasteiger partial charge in [-0.05, 0) is 64.7 Å². The molecule has 0 saturated heterocycles. The Morgan fingerprint density at radius 3 is 2.04 bits per heavy atom. The highest BCUT2D eigenvalue weighted by atomic mass is 79.9. The van der Waals surface area contributed by atoms with Crippen LogP contribution >= 0.6 is 15.9 Å². The van der Waals surface area contributed by atoms with Gasteiger partial charge in [0.1, 0.15) is 12.1 Å². The molecule has 0 N–H and O–H groups in total. The lowest BCUT2D eigenvalue weighted by molar-refractivity contribution is -0.160. The molecule has 0 aliphatic rings. The van der Waals surface area contributed by atoms with E-state index in [0.717, 1.165) is 16.5 Å². The van der Waals surface area contributed by atoms with Gasteiger partial charge in [0.15, 0.2) is 0 Å². The Hall–Kier alpha value is -1.36. The first-order valence-electron chi connectivity index (χ1n) is 9.18. The maximum absolute atomic E-state index is 13.3. The first-order chi connectivity index (χ1) is 11.9.